The van der Waals surface area contributed by atoms with Crippen LogP contribution in [0, 0.1) is 0 Å². The van der Waals surface area contributed by atoms with Gasteiger partial charge in [-0.25, -0.2) is 4.39 Å². The second kappa shape index (κ2) is 11.6. The first-order valence-corrected chi connectivity index (χ1v) is 11.0. The Hall–Kier alpha value is -1.45. The average Bonchev–Trinajstić information content (AvgIpc) is 2.77. The third-order valence-electron chi connectivity index (χ3n) is 4.89. The Kier molecular flexibility index (Phi) is 9.13. The molecule has 0 unspecified atom stereocenters. The third kappa shape index (κ3) is 7.02. The minimum atomic E-state index is -2.32. The first kappa shape index (κ1) is 25.2. The molecule has 0 aliphatic carbocycles. The Morgan fingerprint density at radius 1 is 1.03 bits per heavy atom. The lowest BCUT2D eigenvalue weighted by Gasteiger charge is -2.42. The summed E-state index contributed by atoms with van der Waals surface area (Å²) in [6.07, 6.45) is -5.56. The van der Waals surface area contributed by atoms with Crippen LogP contribution in [0.5, 0.6) is 0 Å². The number of halogens is 4. The molecular weight excluding hydrogens is 484 g/mol. The summed E-state index contributed by atoms with van der Waals surface area (Å²) in [5.74, 6) is -1.06. The number of nitrogens with one attached hydrogen (secondary N) is 1. The molecule has 2 N–H and O–H groups in total. The summed E-state index contributed by atoms with van der Waals surface area (Å²) in [6, 6.07) is 17.1. The maximum Gasteiger partial charge on any atom is 0.272 e. The second-order valence-electron chi connectivity index (χ2n) is 7.28. The lowest BCUT2D eigenvalue weighted by molar-refractivity contribution is -0.245. The number of hydrogen-bond donors (Lipinski definition) is 2. The molecule has 1 amide bonds. The topological polar surface area (TPSA) is 77.0 Å². The second-order valence-corrected chi connectivity index (χ2v) is 9.56. The standard InChI is InChI=1S/C22H23Cl3FNO5/c23-22(24,25)21(29)27-17-19(31-12-15-9-5-2-6-10-15)18(28)16(32-20(17)26)13-30-11-14-7-3-1-4-8-14/h1-10,16-20,28H,11-13H2,(H,27,29)/t16-,17-,18-,19-,20+/m1/s1. The summed E-state index contributed by atoms with van der Waals surface area (Å²) >= 11 is 16.8. The van der Waals surface area contributed by atoms with E-state index in [1.807, 2.05) is 60.7 Å². The number of carbonyl (C=O) groups excluding carboxylic acids is 1. The molecule has 0 aromatic heterocycles. The highest BCUT2D eigenvalue weighted by Crippen LogP contribution is 2.30. The van der Waals surface area contributed by atoms with Gasteiger partial charge in [-0.05, 0) is 11.1 Å². The van der Waals surface area contributed by atoms with E-state index in [0.717, 1.165) is 11.1 Å². The molecule has 10 heteroatoms. The zero-order chi connectivity index (χ0) is 23.1. The van der Waals surface area contributed by atoms with E-state index in [4.69, 9.17) is 49.0 Å². The van der Waals surface area contributed by atoms with Crippen LogP contribution < -0.4 is 5.32 Å². The van der Waals surface area contributed by atoms with E-state index in [0.29, 0.717) is 0 Å². The number of hydrogen-bond acceptors (Lipinski definition) is 5. The van der Waals surface area contributed by atoms with Gasteiger partial charge in [0.1, 0.15) is 24.4 Å². The van der Waals surface area contributed by atoms with Crippen LogP contribution in [-0.4, -0.2) is 52.1 Å². The first-order valence-electron chi connectivity index (χ1n) is 9.88. The maximum absolute atomic E-state index is 14.9. The number of benzene rings is 2. The van der Waals surface area contributed by atoms with Gasteiger partial charge in [-0.15, -0.1) is 0 Å². The highest BCUT2D eigenvalue weighted by atomic mass is 35.6. The van der Waals surface area contributed by atoms with Gasteiger partial charge >= 0.3 is 0 Å². The van der Waals surface area contributed by atoms with E-state index in [1.165, 1.54) is 0 Å². The lowest BCUT2D eigenvalue weighted by Crippen LogP contribution is -2.64. The van der Waals surface area contributed by atoms with E-state index in [1.54, 1.807) is 0 Å². The number of rotatable bonds is 8. The Bertz CT molecular complexity index is 856. The summed E-state index contributed by atoms with van der Waals surface area (Å²) in [4.78, 5) is 12.1. The fourth-order valence-corrected chi connectivity index (χ4v) is 3.42. The summed E-state index contributed by atoms with van der Waals surface area (Å²) in [7, 11) is 0. The van der Waals surface area contributed by atoms with E-state index in [-0.39, 0.29) is 19.8 Å². The Labute approximate surface area is 200 Å². The highest BCUT2D eigenvalue weighted by molar-refractivity contribution is 6.76. The van der Waals surface area contributed by atoms with Crippen LogP contribution >= 0.6 is 34.8 Å². The van der Waals surface area contributed by atoms with Crippen molar-refractivity contribution in [2.45, 2.75) is 47.7 Å². The number of aliphatic hydroxyl groups is 1. The Morgan fingerprint density at radius 3 is 2.16 bits per heavy atom. The van der Waals surface area contributed by atoms with Crippen molar-refractivity contribution < 1.29 is 28.5 Å². The Balaban J connectivity index is 1.69. The summed E-state index contributed by atoms with van der Waals surface area (Å²) in [5, 5.41) is 13.1. The van der Waals surface area contributed by atoms with Crippen LogP contribution in [0.15, 0.2) is 60.7 Å². The fourth-order valence-electron chi connectivity index (χ4n) is 3.26. The quantitative estimate of drug-likeness (QED) is 0.534. The molecule has 0 bridgehead atoms. The molecular formula is C22H23Cl3FNO5. The van der Waals surface area contributed by atoms with Crippen molar-refractivity contribution in [3.05, 3.63) is 71.8 Å². The van der Waals surface area contributed by atoms with Gasteiger partial charge in [-0.2, -0.15) is 0 Å². The maximum atomic E-state index is 14.9. The predicted molar refractivity (Wildman–Crippen MR) is 119 cm³/mol. The molecule has 2 aromatic rings. The molecule has 0 spiro atoms. The third-order valence-corrected chi connectivity index (χ3v) is 5.41. The molecule has 1 saturated heterocycles. The fraction of sp³-hybridized carbons (Fsp3) is 0.409. The molecule has 5 atom stereocenters. The van der Waals surface area contributed by atoms with Gasteiger partial charge < -0.3 is 24.6 Å². The van der Waals surface area contributed by atoms with Crippen LogP contribution in [0.25, 0.3) is 0 Å². The van der Waals surface area contributed by atoms with Crippen LogP contribution in [0.2, 0.25) is 0 Å². The van der Waals surface area contributed by atoms with Crippen LogP contribution in [-0.2, 0) is 32.2 Å². The number of alkyl halides is 4. The van der Waals surface area contributed by atoms with Gasteiger partial charge in [-0.3, -0.25) is 4.79 Å². The van der Waals surface area contributed by atoms with Crippen molar-refractivity contribution in [3.63, 3.8) is 0 Å². The smallest absolute Gasteiger partial charge is 0.272 e. The van der Waals surface area contributed by atoms with Gasteiger partial charge in [0.15, 0.2) is 0 Å². The monoisotopic (exact) mass is 505 g/mol. The number of carbonyl (C=O) groups is 1. The number of amides is 1. The van der Waals surface area contributed by atoms with Crippen molar-refractivity contribution >= 4 is 40.7 Å². The Morgan fingerprint density at radius 2 is 1.59 bits per heavy atom. The normalized spacial score (nSPS) is 26.0. The predicted octanol–water partition coefficient (Wildman–Crippen LogP) is 3.70. The summed E-state index contributed by atoms with van der Waals surface area (Å²) in [5.41, 5.74) is 1.71. The van der Waals surface area contributed by atoms with Crippen molar-refractivity contribution in [2.24, 2.45) is 0 Å². The van der Waals surface area contributed by atoms with Gasteiger partial charge in [0.2, 0.25) is 6.36 Å². The van der Waals surface area contributed by atoms with Crippen LogP contribution in [0.4, 0.5) is 4.39 Å². The molecule has 174 valence electrons. The molecule has 1 aliphatic heterocycles. The van der Waals surface area contributed by atoms with Crippen LogP contribution in [0.1, 0.15) is 11.1 Å². The van der Waals surface area contributed by atoms with Crippen LogP contribution in [0.3, 0.4) is 0 Å². The van der Waals surface area contributed by atoms with Gasteiger partial charge in [0.05, 0.1) is 19.8 Å². The number of ether oxygens (including phenoxy) is 3. The van der Waals surface area contributed by atoms with Gasteiger partial charge in [0, 0.05) is 0 Å². The molecule has 32 heavy (non-hydrogen) atoms. The first-order chi connectivity index (χ1) is 15.3. The van der Waals surface area contributed by atoms with Crippen molar-refractivity contribution in [1.82, 2.24) is 5.32 Å². The van der Waals surface area contributed by atoms with Gasteiger partial charge in [-0.1, -0.05) is 95.5 Å². The molecule has 0 radical (unpaired) electrons. The summed E-state index contributed by atoms with van der Waals surface area (Å²) < 4.78 is 29.3. The zero-order valence-corrected chi connectivity index (χ0v) is 19.1. The molecule has 1 aliphatic rings. The minimum Gasteiger partial charge on any atom is -0.388 e. The van der Waals surface area contributed by atoms with Crippen molar-refractivity contribution in [3.8, 4) is 0 Å². The SMILES string of the molecule is O=C(N[C@@H]1[C@@H](OCc2ccccc2)[C@H](O)[C@@H](COCc2ccccc2)O[C@@H]1F)C(Cl)(Cl)Cl. The molecule has 3 rings (SSSR count). The van der Waals surface area contributed by atoms with E-state index >= 15 is 0 Å². The summed E-state index contributed by atoms with van der Waals surface area (Å²) in [6.45, 7) is 0.229. The van der Waals surface area contributed by atoms with E-state index < -0.39 is 40.4 Å². The number of aliphatic hydroxyl groups excluding tert-OH is 1. The van der Waals surface area contributed by atoms with E-state index in [9.17, 15) is 14.3 Å². The molecule has 1 heterocycles. The molecule has 0 saturated carbocycles. The molecule has 6 nitrogen and oxygen atoms in total. The highest BCUT2D eigenvalue weighted by Gasteiger charge is 2.48. The minimum absolute atomic E-state index is 0.0625. The largest absolute Gasteiger partial charge is 0.388 e. The van der Waals surface area contributed by atoms with Crippen molar-refractivity contribution in [2.75, 3.05) is 6.61 Å². The zero-order valence-electron chi connectivity index (χ0n) is 16.9. The van der Waals surface area contributed by atoms with E-state index in [2.05, 4.69) is 5.32 Å². The van der Waals surface area contributed by atoms with Gasteiger partial charge in [0.25, 0.3) is 9.70 Å². The van der Waals surface area contributed by atoms with Crippen molar-refractivity contribution in [1.29, 1.82) is 0 Å². The lowest BCUT2D eigenvalue weighted by atomic mass is 9.97. The molecule has 1 fully saturated rings. The molecule has 2 aromatic carbocycles. The average molecular weight is 507 g/mol.